The Kier molecular flexibility index (Phi) is 5.89. The molecule has 148 valence electrons. The molecule has 2 aromatic rings. The van der Waals surface area contributed by atoms with Crippen molar-refractivity contribution in [1.82, 2.24) is 9.80 Å². The van der Waals surface area contributed by atoms with Gasteiger partial charge in [-0.1, -0.05) is 6.07 Å². The van der Waals surface area contributed by atoms with Crippen LogP contribution in [0.1, 0.15) is 21.5 Å². The number of amides is 1. The maximum atomic E-state index is 13.7. The molecule has 3 rings (SSSR count). The lowest BCUT2D eigenvalue weighted by Crippen LogP contribution is -2.48. The molecule has 1 heterocycles. The van der Waals surface area contributed by atoms with Crippen molar-refractivity contribution in [2.45, 2.75) is 13.5 Å². The van der Waals surface area contributed by atoms with Crippen LogP contribution in [-0.2, 0) is 6.54 Å². The average molecular weight is 387 g/mol. The minimum Gasteiger partial charge on any atom is -0.496 e. The van der Waals surface area contributed by atoms with Gasteiger partial charge in [0, 0.05) is 56.0 Å². The third-order valence-corrected chi connectivity index (χ3v) is 4.95. The Morgan fingerprint density at radius 2 is 1.89 bits per heavy atom. The van der Waals surface area contributed by atoms with Crippen molar-refractivity contribution in [1.29, 1.82) is 0 Å². The summed E-state index contributed by atoms with van der Waals surface area (Å²) in [4.78, 5) is 27.0. The van der Waals surface area contributed by atoms with Gasteiger partial charge in [0.2, 0.25) is 0 Å². The SMILES string of the molecule is COc1ccc([N+](=O)[O-])cc1CN1CCN(C(=O)c2ccc(C)c(F)c2)CC1. The zero-order valence-electron chi connectivity index (χ0n) is 15.9. The number of carbonyl (C=O) groups excluding carboxylic acids is 1. The summed E-state index contributed by atoms with van der Waals surface area (Å²) in [6.45, 7) is 4.39. The van der Waals surface area contributed by atoms with E-state index in [9.17, 15) is 19.3 Å². The van der Waals surface area contributed by atoms with Crippen LogP contribution in [0.3, 0.4) is 0 Å². The number of ether oxygens (including phenoxy) is 1. The summed E-state index contributed by atoms with van der Waals surface area (Å²) in [7, 11) is 1.53. The van der Waals surface area contributed by atoms with Crippen LogP contribution in [0, 0.1) is 22.9 Å². The molecule has 1 aliphatic heterocycles. The number of hydrogen-bond acceptors (Lipinski definition) is 5. The van der Waals surface area contributed by atoms with Gasteiger partial charge in [-0.25, -0.2) is 4.39 Å². The summed E-state index contributed by atoms with van der Waals surface area (Å²) in [5.74, 6) is 0.0213. The topological polar surface area (TPSA) is 75.9 Å². The molecule has 1 fully saturated rings. The van der Waals surface area contributed by atoms with Gasteiger partial charge in [-0.2, -0.15) is 0 Å². The molecular formula is C20H22FN3O4. The molecule has 0 N–H and O–H groups in total. The number of nitrogens with zero attached hydrogens (tertiary/aromatic N) is 3. The van der Waals surface area contributed by atoms with E-state index in [2.05, 4.69) is 4.90 Å². The van der Waals surface area contributed by atoms with Crippen molar-refractivity contribution in [2.75, 3.05) is 33.3 Å². The first-order valence-electron chi connectivity index (χ1n) is 8.98. The van der Waals surface area contributed by atoms with Crippen LogP contribution in [0.4, 0.5) is 10.1 Å². The predicted octanol–water partition coefficient (Wildman–Crippen LogP) is 3.01. The van der Waals surface area contributed by atoms with E-state index >= 15 is 0 Å². The lowest BCUT2D eigenvalue weighted by Gasteiger charge is -2.35. The molecule has 0 saturated carbocycles. The largest absolute Gasteiger partial charge is 0.496 e. The van der Waals surface area contributed by atoms with Crippen LogP contribution in [0.2, 0.25) is 0 Å². The molecule has 0 atom stereocenters. The average Bonchev–Trinajstić information content (AvgIpc) is 2.70. The van der Waals surface area contributed by atoms with E-state index in [1.165, 1.54) is 25.3 Å². The molecule has 0 spiro atoms. The van der Waals surface area contributed by atoms with Gasteiger partial charge in [-0.05, 0) is 30.7 Å². The number of non-ortho nitro benzene ring substituents is 1. The van der Waals surface area contributed by atoms with E-state index in [1.807, 2.05) is 0 Å². The highest BCUT2D eigenvalue weighted by Crippen LogP contribution is 2.26. The molecule has 0 bridgehead atoms. The number of piperazine rings is 1. The summed E-state index contributed by atoms with van der Waals surface area (Å²) in [5, 5.41) is 11.0. The summed E-state index contributed by atoms with van der Waals surface area (Å²) in [5.41, 5.74) is 1.60. The molecule has 2 aromatic carbocycles. The van der Waals surface area contributed by atoms with E-state index in [4.69, 9.17) is 4.74 Å². The summed E-state index contributed by atoms with van der Waals surface area (Å²) in [6, 6.07) is 9.05. The van der Waals surface area contributed by atoms with Crippen LogP contribution >= 0.6 is 0 Å². The first-order valence-corrected chi connectivity index (χ1v) is 8.98. The van der Waals surface area contributed by atoms with E-state index in [0.717, 1.165) is 5.56 Å². The van der Waals surface area contributed by atoms with E-state index in [0.29, 0.717) is 49.6 Å². The standard InChI is InChI=1S/C20H22FN3O4/c1-14-3-4-15(12-18(14)21)20(25)23-9-7-22(8-10-23)13-16-11-17(24(26)27)5-6-19(16)28-2/h3-6,11-12H,7-10,13H2,1-2H3. The second kappa shape index (κ2) is 8.35. The van der Waals surface area contributed by atoms with Crippen LogP contribution < -0.4 is 4.74 Å². The number of carbonyl (C=O) groups is 1. The first kappa shape index (κ1) is 19.8. The number of nitro groups is 1. The zero-order chi connectivity index (χ0) is 20.3. The minimum atomic E-state index is -0.430. The van der Waals surface area contributed by atoms with Gasteiger partial charge in [0.1, 0.15) is 11.6 Å². The summed E-state index contributed by atoms with van der Waals surface area (Å²) in [6.07, 6.45) is 0. The predicted molar refractivity (Wildman–Crippen MR) is 102 cm³/mol. The molecule has 7 nitrogen and oxygen atoms in total. The van der Waals surface area contributed by atoms with Crippen molar-refractivity contribution in [3.63, 3.8) is 0 Å². The fraction of sp³-hybridized carbons (Fsp3) is 0.350. The van der Waals surface area contributed by atoms with Crippen molar-refractivity contribution >= 4 is 11.6 Å². The van der Waals surface area contributed by atoms with Crippen LogP contribution in [0.15, 0.2) is 36.4 Å². The van der Waals surface area contributed by atoms with Gasteiger partial charge < -0.3 is 9.64 Å². The van der Waals surface area contributed by atoms with Gasteiger partial charge in [0.15, 0.2) is 0 Å². The second-order valence-electron chi connectivity index (χ2n) is 6.79. The number of nitro benzene ring substituents is 1. The van der Waals surface area contributed by atoms with Crippen LogP contribution in [-0.4, -0.2) is 53.9 Å². The fourth-order valence-electron chi connectivity index (χ4n) is 3.26. The quantitative estimate of drug-likeness (QED) is 0.582. The highest BCUT2D eigenvalue weighted by molar-refractivity contribution is 5.94. The van der Waals surface area contributed by atoms with E-state index in [-0.39, 0.29) is 17.4 Å². The highest BCUT2D eigenvalue weighted by atomic mass is 19.1. The molecular weight excluding hydrogens is 365 g/mol. The van der Waals surface area contributed by atoms with Gasteiger partial charge >= 0.3 is 0 Å². The number of rotatable bonds is 5. The maximum Gasteiger partial charge on any atom is 0.270 e. The van der Waals surface area contributed by atoms with Crippen molar-refractivity contribution in [3.05, 3.63) is 69.0 Å². The van der Waals surface area contributed by atoms with Crippen molar-refractivity contribution in [3.8, 4) is 5.75 Å². The Hall–Kier alpha value is -3.00. The summed E-state index contributed by atoms with van der Waals surface area (Å²) >= 11 is 0. The first-order chi connectivity index (χ1) is 13.4. The molecule has 1 saturated heterocycles. The Balaban J connectivity index is 1.64. The van der Waals surface area contributed by atoms with Crippen molar-refractivity contribution < 1.29 is 18.8 Å². The molecule has 0 aliphatic carbocycles. The lowest BCUT2D eigenvalue weighted by atomic mass is 10.1. The smallest absolute Gasteiger partial charge is 0.270 e. The van der Waals surface area contributed by atoms with Gasteiger partial charge in [0.05, 0.1) is 12.0 Å². The van der Waals surface area contributed by atoms with E-state index < -0.39 is 4.92 Å². The van der Waals surface area contributed by atoms with Gasteiger partial charge in [-0.3, -0.25) is 19.8 Å². The number of benzene rings is 2. The van der Waals surface area contributed by atoms with Crippen molar-refractivity contribution in [2.24, 2.45) is 0 Å². The summed E-state index contributed by atoms with van der Waals surface area (Å²) < 4.78 is 19.0. The Bertz CT molecular complexity index is 895. The number of halogens is 1. The monoisotopic (exact) mass is 387 g/mol. The molecule has 0 radical (unpaired) electrons. The van der Waals surface area contributed by atoms with Gasteiger partial charge in [-0.15, -0.1) is 0 Å². The van der Waals surface area contributed by atoms with Crippen LogP contribution in [0.25, 0.3) is 0 Å². The third-order valence-electron chi connectivity index (χ3n) is 4.95. The molecule has 0 unspecified atom stereocenters. The normalized spacial score (nSPS) is 14.8. The molecule has 28 heavy (non-hydrogen) atoms. The maximum absolute atomic E-state index is 13.7. The molecule has 1 aliphatic rings. The number of hydrogen-bond donors (Lipinski definition) is 0. The van der Waals surface area contributed by atoms with Crippen LogP contribution in [0.5, 0.6) is 5.75 Å². The highest BCUT2D eigenvalue weighted by Gasteiger charge is 2.24. The second-order valence-corrected chi connectivity index (χ2v) is 6.79. The minimum absolute atomic E-state index is 0.0195. The third kappa shape index (κ3) is 4.28. The van der Waals surface area contributed by atoms with E-state index in [1.54, 1.807) is 30.0 Å². The van der Waals surface area contributed by atoms with Gasteiger partial charge in [0.25, 0.3) is 11.6 Å². The fourth-order valence-corrected chi connectivity index (χ4v) is 3.26. The lowest BCUT2D eigenvalue weighted by molar-refractivity contribution is -0.385. The molecule has 8 heteroatoms. The zero-order valence-corrected chi connectivity index (χ0v) is 15.9. The Labute approximate surface area is 162 Å². The Morgan fingerprint density at radius 1 is 1.18 bits per heavy atom. The Morgan fingerprint density at radius 3 is 2.50 bits per heavy atom. The molecule has 1 amide bonds. The number of aryl methyl sites for hydroxylation is 1. The molecule has 0 aromatic heterocycles. The number of methoxy groups -OCH3 is 1.